The second-order valence-corrected chi connectivity index (χ2v) is 9.33. The molecular formula is C26H34O6. The zero-order chi connectivity index (χ0) is 22.7. The van der Waals surface area contributed by atoms with Gasteiger partial charge >= 0.3 is 11.9 Å². The maximum atomic E-state index is 12.3. The van der Waals surface area contributed by atoms with Gasteiger partial charge in [0.25, 0.3) is 0 Å². The monoisotopic (exact) mass is 442 g/mol. The zero-order valence-corrected chi connectivity index (χ0v) is 19.0. The molecule has 0 aromatic heterocycles. The van der Waals surface area contributed by atoms with Crippen molar-refractivity contribution in [1.29, 1.82) is 0 Å². The average molecular weight is 443 g/mol. The van der Waals surface area contributed by atoms with Crippen LogP contribution >= 0.6 is 0 Å². The SMILES string of the molecule is CCOC(=O)C(CCOC(=C1C2CC3CC(C2)CC1C3)c1cccc(O)c1)C(=O)OCC. The Morgan fingerprint density at radius 1 is 0.938 bits per heavy atom. The van der Waals surface area contributed by atoms with Crippen molar-refractivity contribution in [2.45, 2.75) is 52.4 Å². The van der Waals surface area contributed by atoms with Gasteiger partial charge in [0.2, 0.25) is 0 Å². The molecule has 0 atom stereocenters. The zero-order valence-electron chi connectivity index (χ0n) is 19.0. The molecule has 6 heteroatoms. The number of carbonyl (C=O) groups excluding carboxylic acids is 2. The van der Waals surface area contributed by atoms with Gasteiger partial charge in [-0.2, -0.15) is 0 Å². The van der Waals surface area contributed by atoms with E-state index in [-0.39, 0.29) is 32.0 Å². The predicted molar refractivity (Wildman–Crippen MR) is 119 cm³/mol. The van der Waals surface area contributed by atoms with E-state index in [0.29, 0.717) is 11.8 Å². The highest BCUT2D eigenvalue weighted by molar-refractivity contribution is 5.94. The van der Waals surface area contributed by atoms with E-state index < -0.39 is 17.9 Å². The highest BCUT2D eigenvalue weighted by Gasteiger charge is 2.47. The predicted octanol–water partition coefficient (Wildman–Crippen LogP) is 4.71. The molecule has 0 heterocycles. The molecule has 5 rings (SSSR count). The number of esters is 2. The van der Waals surface area contributed by atoms with Crippen molar-refractivity contribution in [3.63, 3.8) is 0 Å². The summed E-state index contributed by atoms with van der Waals surface area (Å²) in [6.07, 6.45) is 6.40. The van der Waals surface area contributed by atoms with Gasteiger partial charge in [0, 0.05) is 12.0 Å². The standard InChI is InChI=1S/C26H34O6/c1-3-30-25(28)22(26(29)31-4-2)8-9-32-24(18-6-5-7-21(27)15-18)23-19-11-16-10-17(13-19)14-20(23)12-16/h5-7,15-17,19-20,22,27H,3-4,8-14H2,1-2H3. The maximum absolute atomic E-state index is 12.3. The minimum Gasteiger partial charge on any atom is -0.508 e. The van der Waals surface area contributed by atoms with E-state index in [1.54, 1.807) is 26.0 Å². The largest absolute Gasteiger partial charge is 0.508 e. The smallest absolute Gasteiger partial charge is 0.320 e. The summed E-state index contributed by atoms with van der Waals surface area (Å²) in [7, 11) is 0. The Morgan fingerprint density at radius 2 is 1.53 bits per heavy atom. The van der Waals surface area contributed by atoms with E-state index in [4.69, 9.17) is 14.2 Å². The number of benzene rings is 1. The van der Waals surface area contributed by atoms with Crippen LogP contribution in [0.4, 0.5) is 0 Å². The lowest BCUT2D eigenvalue weighted by Crippen LogP contribution is -2.41. The molecule has 4 aliphatic rings. The van der Waals surface area contributed by atoms with Crippen LogP contribution in [0, 0.1) is 29.6 Å². The van der Waals surface area contributed by atoms with E-state index in [9.17, 15) is 14.7 Å². The number of phenolic OH excluding ortho intramolecular Hbond substituents is 1. The Bertz CT molecular complexity index is 825. The molecular weight excluding hydrogens is 408 g/mol. The van der Waals surface area contributed by atoms with Crippen molar-refractivity contribution in [2.24, 2.45) is 29.6 Å². The highest BCUT2D eigenvalue weighted by atomic mass is 16.6. The molecule has 4 aliphatic carbocycles. The normalized spacial score (nSPS) is 25.7. The number of aromatic hydroxyl groups is 1. The summed E-state index contributed by atoms with van der Waals surface area (Å²) >= 11 is 0. The lowest BCUT2D eigenvalue weighted by Gasteiger charge is -2.51. The quantitative estimate of drug-likeness (QED) is 0.339. The first-order valence-electron chi connectivity index (χ1n) is 12.0. The maximum Gasteiger partial charge on any atom is 0.320 e. The lowest BCUT2D eigenvalue weighted by molar-refractivity contribution is -0.162. The first kappa shape index (κ1) is 22.7. The van der Waals surface area contributed by atoms with E-state index >= 15 is 0 Å². The van der Waals surface area contributed by atoms with Crippen molar-refractivity contribution >= 4 is 17.7 Å². The molecule has 0 amide bonds. The summed E-state index contributed by atoms with van der Waals surface area (Å²) in [5.41, 5.74) is 2.22. The minimum absolute atomic E-state index is 0.188. The minimum atomic E-state index is -0.996. The van der Waals surface area contributed by atoms with Crippen LogP contribution in [0.5, 0.6) is 5.75 Å². The second kappa shape index (κ2) is 9.97. The number of hydrogen-bond acceptors (Lipinski definition) is 6. The summed E-state index contributed by atoms with van der Waals surface area (Å²) in [5.74, 6) is 1.57. The fraction of sp³-hybridized carbons (Fsp3) is 0.615. The molecule has 4 bridgehead atoms. The Balaban J connectivity index is 1.56. The summed E-state index contributed by atoms with van der Waals surface area (Å²) in [5, 5.41) is 10.1. The van der Waals surface area contributed by atoms with Crippen molar-refractivity contribution in [2.75, 3.05) is 19.8 Å². The second-order valence-electron chi connectivity index (χ2n) is 9.33. The van der Waals surface area contributed by atoms with Crippen LogP contribution in [0.3, 0.4) is 0 Å². The van der Waals surface area contributed by atoms with Gasteiger partial charge in [-0.25, -0.2) is 0 Å². The van der Waals surface area contributed by atoms with Crippen LogP contribution in [0.2, 0.25) is 0 Å². The van der Waals surface area contributed by atoms with Crippen LogP contribution in [0.15, 0.2) is 29.8 Å². The van der Waals surface area contributed by atoms with Gasteiger partial charge < -0.3 is 19.3 Å². The van der Waals surface area contributed by atoms with Crippen molar-refractivity contribution < 1.29 is 28.9 Å². The Labute approximate surface area is 189 Å². The third-order valence-corrected chi connectivity index (χ3v) is 7.18. The number of phenols is 1. The average Bonchev–Trinajstić information content (AvgIpc) is 2.74. The molecule has 0 radical (unpaired) electrons. The van der Waals surface area contributed by atoms with Crippen molar-refractivity contribution in [3.8, 4) is 5.75 Å². The fourth-order valence-corrected chi connectivity index (χ4v) is 6.14. The third-order valence-electron chi connectivity index (χ3n) is 7.18. The van der Waals surface area contributed by atoms with E-state index in [2.05, 4.69) is 0 Å². The first-order valence-corrected chi connectivity index (χ1v) is 12.0. The molecule has 1 aromatic rings. The molecule has 1 N–H and O–H groups in total. The van der Waals surface area contributed by atoms with Gasteiger partial charge in [0.15, 0.2) is 5.92 Å². The Kier molecular flexibility index (Phi) is 7.07. The van der Waals surface area contributed by atoms with Gasteiger partial charge in [-0.3, -0.25) is 9.59 Å². The van der Waals surface area contributed by atoms with Gasteiger partial charge in [0.05, 0.1) is 19.8 Å². The van der Waals surface area contributed by atoms with Crippen LogP contribution in [0.1, 0.15) is 57.9 Å². The topological polar surface area (TPSA) is 82.1 Å². The summed E-state index contributed by atoms with van der Waals surface area (Å²) in [6.45, 7) is 4.05. The molecule has 4 fully saturated rings. The highest BCUT2D eigenvalue weighted by Crippen LogP contribution is 2.58. The molecule has 6 nitrogen and oxygen atoms in total. The molecule has 4 saturated carbocycles. The number of rotatable bonds is 9. The number of ether oxygens (including phenoxy) is 3. The molecule has 32 heavy (non-hydrogen) atoms. The van der Waals surface area contributed by atoms with E-state index in [1.165, 1.54) is 37.7 Å². The Hall–Kier alpha value is -2.50. The van der Waals surface area contributed by atoms with Crippen LogP contribution in [-0.4, -0.2) is 36.9 Å². The molecule has 0 aliphatic heterocycles. The van der Waals surface area contributed by atoms with Crippen molar-refractivity contribution in [1.82, 2.24) is 0 Å². The summed E-state index contributed by atoms with van der Waals surface area (Å²) < 4.78 is 16.5. The lowest BCUT2D eigenvalue weighted by atomic mass is 9.54. The molecule has 0 saturated heterocycles. The van der Waals surface area contributed by atoms with Gasteiger partial charge in [0.1, 0.15) is 11.5 Å². The number of carbonyl (C=O) groups is 2. The Morgan fingerprint density at radius 3 is 2.06 bits per heavy atom. The van der Waals surface area contributed by atoms with Crippen LogP contribution < -0.4 is 0 Å². The van der Waals surface area contributed by atoms with Crippen molar-refractivity contribution in [3.05, 3.63) is 35.4 Å². The molecule has 1 aromatic carbocycles. The summed E-state index contributed by atoms with van der Waals surface area (Å²) in [6, 6.07) is 7.17. The molecule has 0 spiro atoms. The molecule has 0 unspecified atom stereocenters. The summed E-state index contributed by atoms with van der Waals surface area (Å²) in [4.78, 5) is 24.7. The van der Waals surface area contributed by atoms with E-state index in [0.717, 1.165) is 23.2 Å². The number of allylic oxidation sites excluding steroid dienone is 1. The molecule has 174 valence electrons. The number of hydrogen-bond donors (Lipinski definition) is 1. The van der Waals surface area contributed by atoms with Gasteiger partial charge in [-0.05, 0) is 87.3 Å². The first-order chi connectivity index (χ1) is 15.5. The van der Waals surface area contributed by atoms with Gasteiger partial charge in [-0.1, -0.05) is 12.1 Å². The fourth-order valence-electron chi connectivity index (χ4n) is 6.14. The third kappa shape index (κ3) is 4.79. The van der Waals surface area contributed by atoms with E-state index in [1.807, 2.05) is 12.1 Å². The van der Waals surface area contributed by atoms with Crippen LogP contribution in [0.25, 0.3) is 5.76 Å². The van der Waals surface area contributed by atoms with Crippen LogP contribution in [-0.2, 0) is 23.8 Å². The van der Waals surface area contributed by atoms with Gasteiger partial charge in [-0.15, -0.1) is 0 Å².